The Hall–Kier alpha value is 0.870. The van der Waals surface area contributed by atoms with Crippen LogP contribution in [0.3, 0.4) is 0 Å². The second-order valence-corrected chi connectivity index (χ2v) is 0. The summed E-state index contributed by atoms with van der Waals surface area (Å²) >= 11 is 0. The minimum atomic E-state index is 0. The van der Waals surface area contributed by atoms with Crippen LogP contribution in [0.15, 0.2) is 0 Å². The van der Waals surface area contributed by atoms with E-state index in [0.717, 1.165) is 0 Å². The van der Waals surface area contributed by atoms with E-state index in [1.54, 1.807) is 0 Å². The molecule has 0 saturated carbocycles. The minimum Gasteiger partial charge on any atom is -0.358 e. The van der Waals surface area contributed by atoms with Gasteiger partial charge in [0.15, 0.2) is 0 Å². The molecule has 5 heavy (non-hydrogen) atoms. The molecular formula is C4H12Hf. The maximum atomic E-state index is 0. The fourth-order valence-electron chi connectivity index (χ4n) is 0. The fraction of sp³-hybridized carbons (Fsp3) is 0. The Kier molecular flexibility index (Phi) is 3540. The van der Waals surface area contributed by atoms with Crippen molar-refractivity contribution < 1.29 is 25.8 Å². The summed E-state index contributed by atoms with van der Waals surface area (Å²) in [7, 11) is 0. The van der Waals surface area contributed by atoms with Gasteiger partial charge in [-0.15, -0.1) is 0 Å². The molecule has 0 aromatic carbocycles. The Morgan fingerprint density at radius 1 is 0.400 bits per heavy atom. The molecular weight excluding hydrogens is 227 g/mol. The summed E-state index contributed by atoms with van der Waals surface area (Å²) in [6.45, 7) is 0. The summed E-state index contributed by atoms with van der Waals surface area (Å²) < 4.78 is 0. The van der Waals surface area contributed by atoms with Crippen LogP contribution in [0.5, 0.6) is 0 Å². The molecule has 0 nitrogen and oxygen atoms in total. The zero-order valence-corrected chi connectivity index (χ0v) is 8.09. The maximum Gasteiger partial charge on any atom is 4.00 e. The van der Waals surface area contributed by atoms with Crippen LogP contribution in [0.4, 0.5) is 0 Å². The molecule has 0 amide bonds. The molecule has 0 aromatic heterocycles. The van der Waals surface area contributed by atoms with Crippen LogP contribution in [0.2, 0.25) is 0 Å². The molecule has 0 unspecified atom stereocenters. The van der Waals surface area contributed by atoms with E-state index in [0.29, 0.717) is 0 Å². The maximum absolute atomic E-state index is 0. The van der Waals surface area contributed by atoms with Gasteiger partial charge in [-0.2, -0.15) is 0 Å². The Morgan fingerprint density at radius 2 is 0.400 bits per heavy atom. The van der Waals surface area contributed by atoms with E-state index in [9.17, 15) is 0 Å². The summed E-state index contributed by atoms with van der Waals surface area (Å²) in [4.78, 5) is 0. The molecule has 0 heterocycles. The van der Waals surface area contributed by atoms with Gasteiger partial charge >= 0.3 is 25.8 Å². The molecule has 0 atom stereocenters. The van der Waals surface area contributed by atoms with E-state index in [1.807, 2.05) is 0 Å². The molecule has 0 N–H and O–H groups in total. The minimum absolute atomic E-state index is 0. The second kappa shape index (κ2) is 96.3. The van der Waals surface area contributed by atoms with Crippen LogP contribution in [0, 0.1) is 29.7 Å². The van der Waals surface area contributed by atoms with Gasteiger partial charge in [0.2, 0.25) is 0 Å². The summed E-state index contributed by atoms with van der Waals surface area (Å²) in [6.07, 6.45) is 0. The monoisotopic (exact) mass is 240 g/mol. The molecule has 0 spiro atoms. The zero-order valence-electron chi connectivity index (χ0n) is 4.50. The Morgan fingerprint density at radius 3 is 0.400 bits per heavy atom. The third-order valence-electron chi connectivity index (χ3n) is 0. The average Bonchev–Trinajstić information content (AvgIpc) is 0. The van der Waals surface area contributed by atoms with Gasteiger partial charge in [-0.25, -0.2) is 0 Å². The molecule has 0 aliphatic heterocycles. The van der Waals surface area contributed by atoms with Crippen molar-refractivity contribution in [2.24, 2.45) is 0 Å². The number of hydrogen-bond acceptors (Lipinski definition) is 0. The van der Waals surface area contributed by atoms with Gasteiger partial charge in [0.05, 0.1) is 0 Å². The van der Waals surface area contributed by atoms with Crippen LogP contribution < -0.4 is 0 Å². The predicted molar refractivity (Wildman–Crippen MR) is 25.7 cm³/mol. The van der Waals surface area contributed by atoms with E-state index in [1.165, 1.54) is 0 Å². The van der Waals surface area contributed by atoms with Gasteiger partial charge in [-0.05, 0) is 0 Å². The first-order valence-electron chi connectivity index (χ1n) is 0. The van der Waals surface area contributed by atoms with E-state index >= 15 is 0 Å². The van der Waals surface area contributed by atoms with Crippen molar-refractivity contribution in [2.75, 3.05) is 0 Å². The first kappa shape index (κ1) is 184. The van der Waals surface area contributed by atoms with E-state index < -0.39 is 0 Å². The van der Waals surface area contributed by atoms with Crippen LogP contribution in [-0.2, 0) is 25.8 Å². The molecule has 0 saturated heterocycles. The van der Waals surface area contributed by atoms with Gasteiger partial charge < -0.3 is 29.7 Å². The van der Waals surface area contributed by atoms with Crippen LogP contribution in [0.1, 0.15) is 0 Å². The SMILES string of the molecule is [CH3-].[CH3-].[CH3-].[CH3-].[Hf+4]. The topological polar surface area (TPSA) is 0 Å². The molecule has 0 rings (SSSR count). The van der Waals surface area contributed by atoms with Gasteiger partial charge in [-0.3, -0.25) is 0 Å². The second-order valence-electron chi connectivity index (χ2n) is 0. The van der Waals surface area contributed by atoms with Gasteiger partial charge in [-0.1, -0.05) is 0 Å². The first-order chi connectivity index (χ1) is 0. The Labute approximate surface area is 55.8 Å². The van der Waals surface area contributed by atoms with Crippen LogP contribution >= 0.6 is 0 Å². The first-order valence-corrected chi connectivity index (χ1v) is 0. The van der Waals surface area contributed by atoms with Crippen molar-refractivity contribution in [1.82, 2.24) is 0 Å². The fourth-order valence-corrected chi connectivity index (χ4v) is 0. The van der Waals surface area contributed by atoms with Crippen LogP contribution in [-0.4, -0.2) is 0 Å². The number of hydrogen-bond donors (Lipinski definition) is 0. The van der Waals surface area contributed by atoms with Crippen molar-refractivity contribution in [3.63, 3.8) is 0 Å². The van der Waals surface area contributed by atoms with Gasteiger partial charge in [0.1, 0.15) is 0 Å². The normalized spacial score (nSPS) is 0. The third-order valence-corrected chi connectivity index (χ3v) is 0. The Bertz CT molecular complexity index is 3.61. The quantitative estimate of drug-likeness (QED) is 0.446. The number of rotatable bonds is 0. The average molecular weight is 239 g/mol. The molecule has 0 aromatic rings. The largest absolute Gasteiger partial charge is 4.00 e. The summed E-state index contributed by atoms with van der Waals surface area (Å²) in [5.41, 5.74) is 0. The standard InChI is InChI=1S/4CH3.Hf/h4*1H3;/q4*-1;+4. The van der Waals surface area contributed by atoms with Gasteiger partial charge in [0.25, 0.3) is 0 Å². The molecule has 0 aliphatic rings. The zero-order chi connectivity index (χ0) is 0. The van der Waals surface area contributed by atoms with Crippen LogP contribution in [0.25, 0.3) is 0 Å². The van der Waals surface area contributed by atoms with E-state index in [-0.39, 0.29) is 55.5 Å². The molecule has 32 valence electrons. The molecule has 0 bridgehead atoms. The molecule has 0 radical (unpaired) electrons. The van der Waals surface area contributed by atoms with Crippen molar-refractivity contribution in [1.29, 1.82) is 0 Å². The van der Waals surface area contributed by atoms with Gasteiger partial charge in [0, 0.05) is 0 Å². The molecule has 0 fully saturated rings. The predicted octanol–water partition coefficient (Wildman–Crippen LogP) is 1.80. The molecule has 0 aliphatic carbocycles. The van der Waals surface area contributed by atoms with Crippen molar-refractivity contribution in [2.45, 2.75) is 0 Å². The van der Waals surface area contributed by atoms with E-state index in [4.69, 9.17) is 0 Å². The van der Waals surface area contributed by atoms with Crippen molar-refractivity contribution in [3.05, 3.63) is 29.7 Å². The van der Waals surface area contributed by atoms with E-state index in [2.05, 4.69) is 0 Å². The molecule has 1 heteroatoms. The van der Waals surface area contributed by atoms with Crippen molar-refractivity contribution >= 4 is 0 Å². The summed E-state index contributed by atoms with van der Waals surface area (Å²) in [5.74, 6) is 0. The smallest absolute Gasteiger partial charge is 0.358 e. The summed E-state index contributed by atoms with van der Waals surface area (Å²) in [5, 5.41) is 0. The van der Waals surface area contributed by atoms with Crippen molar-refractivity contribution in [3.8, 4) is 0 Å². The summed E-state index contributed by atoms with van der Waals surface area (Å²) in [6, 6.07) is 0. The Balaban J connectivity index is 0. The third kappa shape index (κ3) is 53.0.